The van der Waals surface area contributed by atoms with Crippen molar-refractivity contribution in [2.75, 3.05) is 13.2 Å². The van der Waals surface area contributed by atoms with E-state index in [2.05, 4.69) is 26.0 Å². The standard InChI is InChI=1S/C22H22BrN3O6/c1-4-30-18-10-14(9-16(23)20(18)31-12-19(27)32-13(2)3)11-24-26-21(28)15-7-5-6-8-17(15)25-22(26)29/h5-11,13H,4,12H2,1-3H3,(H,25,29). The van der Waals surface area contributed by atoms with E-state index in [0.717, 1.165) is 4.68 Å². The number of para-hydroxylation sites is 1. The molecule has 3 aromatic rings. The molecular weight excluding hydrogens is 482 g/mol. The first kappa shape index (κ1) is 23.3. The summed E-state index contributed by atoms with van der Waals surface area (Å²) >= 11 is 3.40. The van der Waals surface area contributed by atoms with Crippen LogP contribution in [0.1, 0.15) is 26.3 Å². The number of rotatable bonds is 8. The molecule has 0 atom stereocenters. The first-order chi connectivity index (χ1) is 15.3. The average molecular weight is 504 g/mol. The largest absolute Gasteiger partial charge is 0.490 e. The second-order valence-electron chi connectivity index (χ2n) is 6.93. The Morgan fingerprint density at radius 2 is 1.97 bits per heavy atom. The average Bonchev–Trinajstić information content (AvgIpc) is 2.72. The summed E-state index contributed by atoms with van der Waals surface area (Å²) in [7, 11) is 0. The molecule has 0 saturated carbocycles. The fourth-order valence-electron chi connectivity index (χ4n) is 2.88. The van der Waals surface area contributed by atoms with Crippen LogP contribution < -0.4 is 20.7 Å². The van der Waals surface area contributed by atoms with Gasteiger partial charge in [0.2, 0.25) is 0 Å². The van der Waals surface area contributed by atoms with Crippen LogP contribution in [-0.4, -0.2) is 41.2 Å². The van der Waals surface area contributed by atoms with Crippen molar-refractivity contribution in [2.24, 2.45) is 5.10 Å². The molecule has 1 heterocycles. The van der Waals surface area contributed by atoms with Crippen molar-refractivity contribution in [1.29, 1.82) is 0 Å². The lowest BCUT2D eigenvalue weighted by atomic mass is 10.2. The Morgan fingerprint density at radius 3 is 2.69 bits per heavy atom. The van der Waals surface area contributed by atoms with E-state index < -0.39 is 17.2 Å². The van der Waals surface area contributed by atoms with Gasteiger partial charge in [0, 0.05) is 0 Å². The Balaban J connectivity index is 1.92. The van der Waals surface area contributed by atoms with Crippen molar-refractivity contribution in [3.8, 4) is 11.5 Å². The van der Waals surface area contributed by atoms with E-state index in [4.69, 9.17) is 14.2 Å². The Labute approximate surface area is 191 Å². The van der Waals surface area contributed by atoms with E-state index >= 15 is 0 Å². The number of hydrogen-bond acceptors (Lipinski definition) is 7. The number of halogens is 1. The van der Waals surface area contributed by atoms with E-state index in [0.29, 0.717) is 39.0 Å². The third kappa shape index (κ3) is 5.44. The Bertz CT molecular complexity index is 1280. The van der Waals surface area contributed by atoms with Crippen molar-refractivity contribution in [3.05, 3.63) is 67.3 Å². The van der Waals surface area contributed by atoms with Crippen LogP contribution in [0, 0.1) is 0 Å². The molecule has 9 nitrogen and oxygen atoms in total. The van der Waals surface area contributed by atoms with Crippen molar-refractivity contribution < 1.29 is 19.0 Å². The number of carbonyl (C=O) groups excluding carboxylic acids is 1. The SMILES string of the molecule is CCOc1cc(C=Nn2c(=O)[nH]c3ccccc3c2=O)cc(Br)c1OCC(=O)OC(C)C. The molecule has 10 heteroatoms. The number of nitrogens with one attached hydrogen (secondary N) is 1. The fourth-order valence-corrected chi connectivity index (χ4v) is 3.45. The topological polar surface area (TPSA) is 112 Å². The molecule has 0 bridgehead atoms. The Kier molecular flexibility index (Phi) is 7.47. The maximum Gasteiger partial charge on any atom is 0.349 e. The van der Waals surface area contributed by atoms with Gasteiger partial charge in [0.05, 0.1) is 34.3 Å². The number of aromatic amines is 1. The van der Waals surface area contributed by atoms with Gasteiger partial charge < -0.3 is 19.2 Å². The second-order valence-corrected chi connectivity index (χ2v) is 7.78. The molecule has 0 saturated heterocycles. The van der Waals surface area contributed by atoms with Gasteiger partial charge in [-0.05, 0) is 66.5 Å². The predicted molar refractivity (Wildman–Crippen MR) is 124 cm³/mol. The summed E-state index contributed by atoms with van der Waals surface area (Å²) < 4.78 is 17.5. The Morgan fingerprint density at radius 1 is 1.22 bits per heavy atom. The molecule has 0 spiro atoms. The number of benzene rings is 2. The molecule has 1 aromatic heterocycles. The zero-order chi connectivity index (χ0) is 23.3. The summed E-state index contributed by atoms with van der Waals surface area (Å²) in [4.78, 5) is 39.3. The number of esters is 1. The number of ether oxygens (including phenoxy) is 3. The van der Waals surface area contributed by atoms with Gasteiger partial charge in [0.1, 0.15) is 0 Å². The molecule has 0 amide bonds. The van der Waals surface area contributed by atoms with Crippen LogP contribution in [0.5, 0.6) is 11.5 Å². The molecule has 0 aliphatic carbocycles. The predicted octanol–water partition coefficient (Wildman–Crippen LogP) is 3.06. The van der Waals surface area contributed by atoms with Crippen molar-refractivity contribution in [3.63, 3.8) is 0 Å². The monoisotopic (exact) mass is 503 g/mol. The normalized spacial score (nSPS) is 11.3. The summed E-state index contributed by atoms with van der Waals surface area (Å²) in [5.74, 6) is 0.181. The van der Waals surface area contributed by atoms with Gasteiger partial charge in [-0.15, -0.1) is 4.68 Å². The van der Waals surface area contributed by atoms with Gasteiger partial charge in [-0.1, -0.05) is 12.1 Å². The number of aromatic nitrogens is 2. The van der Waals surface area contributed by atoms with Crippen LogP contribution >= 0.6 is 15.9 Å². The maximum atomic E-state index is 12.6. The third-order valence-corrected chi connectivity index (χ3v) is 4.73. The number of fused-ring (bicyclic) bond motifs is 1. The highest BCUT2D eigenvalue weighted by Crippen LogP contribution is 2.36. The molecule has 168 valence electrons. The number of H-pyrrole nitrogens is 1. The molecule has 2 aromatic carbocycles. The van der Waals surface area contributed by atoms with Crippen molar-refractivity contribution in [2.45, 2.75) is 26.9 Å². The van der Waals surface area contributed by atoms with Crippen molar-refractivity contribution >= 4 is 39.0 Å². The zero-order valence-corrected chi connectivity index (χ0v) is 19.3. The second kappa shape index (κ2) is 10.3. The first-order valence-corrected chi connectivity index (χ1v) is 10.7. The minimum Gasteiger partial charge on any atom is -0.490 e. The van der Waals surface area contributed by atoms with E-state index in [-0.39, 0.29) is 12.7 Å². The highest BCUT2D eigenvalue weighted by molar-refractivity contribution is 9.10. The van der Waals surface area contributed by atoms with E-state index in [1.807, 2.05) is 0 Å². The minimum atomic E-state index is -0.655. The molecule has 0 aliphatic heterocycles. The van der Waals surface area contributed by atoms with E-state index in [1.165, 1.54) is 6.21 Å². The van der Waals surface area contributed by atoms with Gasteiger partial charge in [-0.2, -0.15) is 5.10 Å². The summed E-state index contributed by atoms with van der Waals surface area (Å²) in [5.41, 5.74) is -0.212. The molecule has 0 fully saturated rings. The van der Waals surface area contributed by atoms with Crippen LogP contribution in [0.15, 0.2) is 55.6 Å². The first-order valence-electron chi connectivity index (χ1n) is 9.87. The van der Waals surface area contributed by atoms with Crippen LogP contribution in [0.3, 0.4) is 0 Å². The quantitative estimate of drug-likeness (QED) is 0.373. The minimum absolute atomic E-state index is 0.249. The third-order valence-electron chi connectivity index (χ3n) is 4.14. The van der Waals surface area contributed by atoms with Gasteiger partial charge in [-0.3, -0.25) is 4.79 Å². The number of hydrogen-bond donors (Lipinski definition) is 1. The molecule has 0 radical (unpaired) electrons. The fraction of sp³-hybridized carbons (Fsp3) is 0.273. The van der Waals surface area contributed by atoms with Crippen LogP contribution in [0.2, 0.25) is 0 Å². The highest BCUT2D eigenvalue weighted by atomic mass is 79.9. The lowest BCUT2D eigenvalue weighted by Crippen LogP contribution is -2.32. The molecular formula is C22H22BrN3O6. The highest BCUT2D eigenvalue weighted by Gasteiger charge is 2.15. The lowest BCUT2D eigenvalue weighted by Gasteiger charge is -2.15. The number of carbonyl (C=O) groups is 1. The van der Waals surface area contributed by atoms with Crippen LogP contribution in [0.4, 0.5) is 0 Å². The maximum absolute atomic E-state index is 12.6. The molecule has 1 N–H and O–H groups in total. The summed E-state index contributed by atoms with van der Waals surface area (Å²) in [6.45, 7) is 5.37. The van der Waals surface area contributed by atoms with Gasteiger partial charge >= 0.3 is 11.7 Å². The van der Waals surface area contributed by atoms with Gasteiger partial charge in [-0.25, -0.2) is 9.59 Å². The van der Waals surface area contributed by atoms with Gasteiger partial charge in [0.25, 0.3) is 5.56 Å². The summed E-state index contributed by atoms with van der Waals surface area (Å²) in [6, 6.07) is 9.98. The van der Waals surface area contributed by atoms with Crippen LogP contribution in [0.25, 0.3) is 10.9 Å². The smallest absolute Gasteiger partial charge is 0.349 e. The van der Waals surface area contributed by atoms with E-state index in [9.17, 15) is 14.4 Å². The lowest BCUT2D eigenvalue weighted by molar-refractivity contribution is -0.149. The number of nitrogens with zero attached hydrogens (tertiary/aromatic N) is 2. The van der Waals surface area contributed by atoms with E-state index in [1.54, 1.807) is 57.2 Å². The van der Waals surface area contributed by atoms with Crippen LogP contribution in [-0.2, 0) is 9.53 Å². The molecule has 32 heavy (non-hydrogen) atoms. The molecule has 0 aliphatic rings. The molecule has 0 unspecified atom stereocenters. The Hall–Kier alpha value is -3.40. The zero-order valence-electron chi connectivity index (χ0n) is 17.8. The summed E-state index contributed by atoms with van der Waals surface area (Å²) in [5, 5.41) is 4.39. The van der Waals surface area contributed by atoms with Crippen molar-refractivity contribution in [1.82, 2.24) is 9.66 Å². The molecule has 3 rings (SSSR count). The van der Waals surface area contributed by atoms with Gasteiger partial charge in [0.15, 0.2) is 18.1 Å². The summed E-state index contributed by atoms with van der Waals surface area (Å²) in [6.07, 6.45) is 1.11.